The number of fused-ring (bicyclic) bond motifs is 7. The van der Waals surface area contributed by atoms with Crippen molar-refractivity contribution in [1.82, 2.24) is 44.6 Å². The number of aromatic nitrogens is 6. The van der Waals surface area contributed by atoms with Crippen molar-refractivity contribution >= 4 is 50.0 Å². The second-order valence-electron chi connectivity index (χ2n) is 22.1. The first-order valence-electron chi connectivity index (χ1n) is 25.5. The number of amides is 2. The van der Waals surface area contributed by atoms with Gasteiger partial charge in [0.1, 0.15) is 17.9 Å². The number of benzene rings is 3. The van der Waals surface area contributed by atoms with Gasteiger partial charge < -0.3 is 20.2 Å². The fourth-order valence-corrected chi connectivity index (χ4v) is 14.1. The van der Waals surface area contributed by atoms with E-state index in [9.17, 15) is 19.5 Å². The lowest BCUT2D eigenvalue weighted by Gasteiger charge is -2.40. The van der Waals surface area contributed by atoms with E-state index in [4.69, 9.17) is 4.98 Å². The lowest BCUT2D eigenvalue weighted by Crippen LogP contribution is -2.50. The van der Waals surface area contributed by atoms with Crippen molar-refractivity contribution in [2.24, 2.45) is 11.3 Å². The van der Waals surface area contributed by atoms with Crippen LogP contribution in [0.1, 0.15) is 150 Å². The zero-order valence-corrected chi connectivity index (χ0v) is 43.3. The minimum absolute atomic E-state index is 0.0872. The van der Waals surface area contributed by atoms with E-state index in [2.05, 4.69) is 70.3 Å². The molecule has 4 fully saturated rings. The van der Waals surface area contributed by atoms with E-state index < -0.39 is 23.6 Å². The topological polar surface area (TPSA) is 151 Å². The van der Waals surface area contributed by atoms with Crippen LogP contribution in [0.5, 0.6) is 0 Å². The van der Waals surface area contributed by atoms with Gasteiger partial charge in [0.25, 0.3) is 5.56 Å². The van der Waals surface area contributed by atoms with Crippen LogP contribution < -0.4 is 10.9 Å². The molecule has 2 saturated carbocycles. The highest BCUT2D eigenvalue weighted by Crippen LogP contribution is 2.53. The molecule has 6 aromatic rings. The summed E-state index contributed by atoms with van der Waals surface area (Å²) in [7, 11) is 0. The summed E-state index contributed by atoms with van der Waals surface area (Å²) in [6, 6.07) is 19.5. The Morgan fingerprint density at radius 3 is 2.46 bits per heavy atom. The van der Waals surface area contributed by atoms with E-state index in [0.717, 1.165) is 114 Å². The molecular weight excluding hydrogens is 963 g/mol. The fourth-order valence-electron chi connectivity index (χ4n) is 12.7. The number of nitrogens with zero attached hydrogens (tertiary/aromatic N) is 8. The smallest absolute Gasteiger partial charge is 0.281 e. The molecule has 4 atom stereocenters. The van der Waals surface area contributed by atoms with Crippen molar-refractivity contribution in [2.45, 2.75) is 140 Å². The number of aliphatic hydroxyl groups excluding tert-OH is 1. The second kappa shape index (κ2) is 18.5. The fraction of sp³-hybridized carbons (Fsp3) is 0.509. The lowest BCUT2D eigenvalue weighted by molar-refractivity contribution is -0.144. The van der Waals surface area contributed by atoms with Crippen LogP contribution in [-0.4, -0.2) is 94.6 Å². The standard InChI is InChI=1S/C55H64BrN9O4S/c1-32(35-12-14-37(15-13-35)48-33(2)57-31-70-48)58-50(67)46-27-40(66)29-63(46)52(69)49(54(3,4)5)64-30-43(60-61-64)39-24-34(25-39)28-62-22-18-36(19-23-62)38-16-17-44-41(26-38)55(20-7-6-8-21-55)53-59-51(68)47-42(56)10-9-11-45(47)65(44)53/h9-17,26,30-32,34,36,39-40,46,49,66H,6-8,18-25,27-29H2,1-5H3,(H,58,67)/t32-,34?,39?,40+,46-,49+/m0/s1. The summed E-state index contributed by atoms with van der Waals surface area (Å²) in [4.78, 5) is 56.5. The van der Waals surface area contributed by atoms with Gasteiger partial charge in [0, 0.05) is 36.1 Å². The summed E-state index contributed by atoms with van der Waals surface area (Å²) < 4.78 is 4.78. The predicted molar refractivity (Wildman–Crippen MR) is 276 cm³/mol. The summed E-state index contributed by atoms with van der Waals surface area (Å²) in [5, 5.41) is 23.8. The van der Waals surface area contributed by atoms with Crippen molar-refractivity contribution in [2.75, 3.05) is 26.2 Å². The Morgan fingerprint density at radius 1 is 0.986 bits per heavy atom. The van der Waals surface area contributed by atoms with E-state index in [0.29, 0.717) is 17.2 Å². The maximum Gasteiger partial charge on any atom is 0.281 e. The number of piperidine rings is 1. The number of hydrogen-bond donors (Lipinski definition) is 2. The molecule has 0 unspecified atom stereocenters. The summed E-state index contributed by atoms with van der Waals surface area (Å²) in [5.74, 6) is 1.77. The average molecular weight is 1030 g/mol. The molecule has 3 aromatic carbocycles. The summed E-state index contributed by atoms with van der Waals surface area (Å²) in [5.41, 5.74) is 9.77. The van der Waals surface area contributed by atoms with Crippen LogP contribution in [0.4, 0.5) is 0 Å². The minimum atomic E-state index is -0.802. The van der Waals surface area contributed by atoms with Gasteiger partial charge in [-0.05, 0) is 139 Å². The van der Waals surface area contributed by atoms with Crippen LogP contribution in [0.2, 0.25) is 0 Å². The maximum absolute atomic E-state index is 14.6. The van der Waals surface area contributed by atoms with Crippen LogP contribution in [0, 0.1) is 18.3 Å². The maximum atomic E-state index is 14.6. The molecule has 70 heavy (non-hydrogen) atoms. The zero-order chi connectivity index (χ0) is 48.6. The molecule has 0 bridgehead atoms. The Balaban J connectivity index is 0.708. The zero-order valence-electron chi connectivity index (χ0n) is 40.9. The third-order valence-corrected chi connectivity index (χ3v) is 18.1. The molecule has 2 aliphatic carbocycles. The molecule has 0 radical (unpaired) electrons. The molecule has 13 nitrogen and oxygen atoms in total. The van der Waals surface area contributed by atoms with E-state index >= 15 is 0 Å². The van der Waals surface area contributed by atoms with Gasteiger partial charge in [-0.2, -0.15) is 4.98 Å². The first kappa shape index (κ1) is 47.2. The lowest BCUT2D eigenvalue weighted by atomic mass is 9.69. The Hall–Kier alpha value is -5.09. The SMILES string of the molecule is Cc1ncsc1-c1ccc([C@H](C)NC(=O)[C@@H]2C[C@@H](O)CN2C(=O)[C@@H](n2cc(C3CC(CN4CCC(c5ccc6c(c5)C5(CCCCC5)c5nc(=O)c7c(Br)cccc7n5-6)CC4)C3)nn2)C(C)(C)C)cc1. The van der Waals surface area contributed by atoms with Gasteiger partial charge in [-0.3, -0.25) is 19.0 Å². The van der Waals surface area contributed by atoms with Gasteiger partial charge in [0.15, 0.2) is 0 Å². The Bertz CT molecular complexity index is 3010. The van der Waals surface area contributed by atoms with E-state index in [1.807, 2.05) is 82.7 Å². The van der Waals surface area contributed by atoms with E-state index in [1.165, 1.54) is 23.2 Å². The molecule has 3 aromatic heterocycles. The number of carbonyl (C=O) groups excluding carboxylic acids is 2. The minimum Gasteiger partial charge on any atom is -0.391 e. The number of nitrogens with one attached hydrogen (secondary N) is 1. The monoisotopic (exact) mass is 1030 g/mol. The van der Waals surface area contributed by atoms with Crippen molar-refractivity contribution in [3.63, 3.8) is 0 Å². The molecule has 366 valence electrons. The third kappa shape index (κ3) is 8.45. The molecule has 2 amide bonds. The summed E-state index contributed by atoms with van der Waals surface area (Å²) in [6.07, 6.45) is 11.2. The van der Waals surface area contributed by atoms with Gasteiger partial charge in [-0.15, -0.1) is 16.4 Å². The molecule has 6 heterocycles. The molecular formula is C55H64BrN9O4S. The molecule has 2 N–H and O–H groups in total. The predicted octanol–water partition coefficient (Wildman–Crippen LogP) is 9.53. The molecule has 1 spiro atoms. The number of rotatable bonds is 10. The summed E-state index contributed by atoms with van der Waals surface area (Å²) >= 11 is 5.25. The molecule has 3 aliphatic heterocycles. The van der Waals surface area contributed by atoms with Gasteiger partial charge >= 0.3 is 0 Å². The molecule has 15 heteroatoms. The van der Waals surface area contributed by atoms with Crippen LogP contribution in [0.15, 0.2) is 81.6 Å². The number of thiazole rings is 1. The Morgan fingerprint density at radius 2 is 1.74 bits per heavy atom. The summed E-state index contributed by atoms with van der Waals surface area (Å²) in [6.45, 7) is 13.3. The highest BCUT2D eigenvalue weighted by Gasteiger charge is 2.48. The first-order valence-corrected chi connectivity index (χ1v) is 27.1. The average Bonchev–Trinajstić information content (AvgIpc) is 4.13. The largest absolute Gasteiger partial charge is 0.391 e. The van der Waals surface area contributed by atoms with E-state index in [-0.39, 0.29) is 47.7 Å². The van der Waals surface area contributed by atoms with Gasteiger partial charge in [-0.25, -0.2) is 9.67 Å². The Labute approximate surface area is 422 Å². The van der Waals surface area contributed by atoms with Crippen LogP contribution in [0.3, 0.4) is 0 Å². The number of hydrogen-bond acceptors (Lipinski definition) is 10. The van der Waals surface area contributed by atoms with Gasteiger partial charge in [0.05, 0.1) is 55.9 Å². The van der Waals surface area contributed by atoms with E-state index in [1.54, 1.807) is 20.9 Å². The number of halogens is 1. The molecule has 11 rings (SSSR count). The number of carbonyl (C=O) groups is 2. The highest BCUT2D eigenvalue weighted by molar-refractivity contribution is 9.10. The number of β-amino-alcohol motifs (C(OH)–C–C–N with tert-alkyl or cyclic N) is 1. The van der Waals surface area contributed by atoms with Crippen molar-refractivity contribution in [3.8, 4) is 16.1 Å². The Kier molecular flexibility index (Phi) is 12.5. The third-order valence-electron chi connectivity index (χ3n) is 16.5. The highest BCUT2D eigenvalue weighted by atomic mass is 79.9. The van der Waals surface area contributed by atoms with Crippen LogP contribution in [-0.2, 0) is 15.0 Å². The number of aryl methyl sites for hydroxylation is 1. The number of aliphatic hydroxyl groups is 1. The molecule has 2 saturated heterocycles. The normalized spacial score (nSPS) is 23.3. The van der Waals surface area contributed by atoms with Gasteiger partial charge in [-0.1, -0.05) is 87.7 Å². The van der Waals surface area contributed by atoms with Crippen molar-refractivity contribution < 1.29 is 14.7 Å². The second-order valence-corrected chi connectivity index (χ2v) is 23.9. The quantitative estimate of drug-likeness (QED) is 0.137. The molecule has 5 aliphatic rings. The van der Waals surface area contributed by atoms with Crippen molar-refractivity contribution in [3.05, 3.63) is 121 Å². The number of likely N-dealkylation sites (tertiary alicyclic amines) is 2. The van der Waals surface area contributed by atoms with Gasteiger partial charge in [0.2, 0.25) is 11.8 Å². The van der Waals surface area contributed by atoms with Crippen LogP contribution >= 0.6 is 27.3 Å². The van der Waals surface area contributed by atoms with Crippen LogP contribution in [0.25, 0.3) is 27.0 Å². The first-order chi connectivity index (χ1) is 33.7. The van der Waals surface area contributed by atoms with Crippen molar-refractivity contribution in [1.29, 1.82) is 0 Å².